The minimum Gasteiger partial charge on any atom is -0.509 e. The van der Waals surface area contributed by atoms with Crippen molar-refractivity contribution in [3.05, 3.63) is 295 Å². The van der Waals surface area contributed by atoms with E-state index in [-0.39, 0.29) is 26.5 Å². The average Bonchev–Trinajstić information content (AvgIpc) is 4.35. The van der Waals surface area contributed by atoms with E-state index in [4.69, 9.17) is 9.72 Å². The van der Waals surface area contributed by atoms with Gasteiger partial charge in [0.1, 0.15) is 5.82 Å². The van der Waals surface area contributed by atoms with Crippen LogP contribution in [-0.4, -0.2) is 9.55 Å². The van der Waals surface area contributed by atoms with E-state index in [2.05, 4.69) is 278 Å². The van der Waals surface area contributed by atoms with Gasteiger partial charge in [-0.05, 0) is 91.2 Å². The fourth-order valence-corrected chi connectivity index (χ4v) is 11.9. The van der Waals surface area contributed by atoms with Crippen molar-refractivity contribution in [1.82, 2.24) is 9.55 Å². The molecule has 0 amide bonds. The number of anilines is 4. The van der Waals surface area contributed by atoms with E-state index >= 15 is 0 Å². The SMILES string of the molecule is CC(C)(C)c1ccc2c(c1)-c1ccccc1C2(c1ccccc1)c1ccnc(-n2c3[c-]c(Oc4[c-]c(N5[CH-]N(c6c(-c7ccccc7)cccc6-c6ccccc6)c6ccccc65)ccc4)ccc3c3ccccc32)c1.[Pt]. The Morgan fingerprint density at radius 3 is 1.83 bits per heavy atom. The van der Waals surface area contributed by atoms with Crippen molar-refractivity contribution in [2.24, 2.45) is 0 Å². The molecule has 2 aliphatic rings. The van der Waals surface area contributed by atoms with Crippen LogP contribution in [0.15, 0.2) is 249 Å². The van der Waals surface area contributed by atoms with Gasteiger partial charge in [0.2, 0.25) is 0 Å². The van der Waals surface area contributed by atoms with Gasteiger partial charge < -0.3 is 19.1 Å². The summed E-state index contributed by atoms with van der Waals surface area (Å²) in [6.45, 7) is 9.05. The predicted molar refractivity (Wildman–Crippen MR) is 311 cm³/mol. The van der Waals surface area contributed by atoms with Gasteiger partial charge in [-0.1, -0.05) is 208 Å². The Morgan fingerprint density at radius 2 is 1.09 bits per heavy atom. The molecule has 1 aliphatic carbocycles. The Morgan fingerprint density at radius 1 is 0.481 bits per heavy atom. The third-order valence-electron chi connectivity index (χ3n) is 15.4. The molecule has 3 heterocycles. The maximum Gasteiger partial charge on any atom is 0.135 e. The van der Waals surface area contributed by atoms with Gasteiger partial charge in [-0.25, -0.2) is 4.98 Å². The number of pyridine rings is 1. The van der Waals surface area contributed by atoms with Crippen molar-refractivity contribution in [3.8, 4) is 50.7 Å². The first-order valence-corrected chi connectivity index (χ1v) is 26.0. The molecule has 0 saturated carbocycles. The molecule has 1 atom stereocenters. The van der Waals surface area contributed by atoms with E-state index in [0.717, 1.165) is 78.2 Å². The quantitative estimate of drug-likeness (QED) is 0.135. The molecule has 0 radical (unpaired) electrons. The van der Waals surface area contributed by atoms with Crippen molar-refractivity contribution in [3.63, 3.8) is 0 Å². The summed E-state index contributed by atoms with van der Waals surface area (Å²) in [4.78, 5) is 9.70. The molecule has 10 aromatic carbocycles. The van der Waals surface area contributed by atoms with Crippen LogP contribution in [0.5, 0.6) is 11.5 Å². The molecule has 0 fully saturated rings. The fraction of sp³-hybridized carbons (Fsp3) is 0.0704. The molecular formula is C71H51N4OPt-3. The minimum absolute atomic E-state index is 0. The second-order valence-electron chi connectivity index (χ2n) is 20.8. The molecule has 1 aliphatic heterocycles. The van der Waals surface area contributed by atoms with Gasteiger partial charge in [0.05, 0.1) is 5.41 Å². The molecule has 12 aromatic rings. The van der Waals surface area contributed by atoms with Crippen LogP contribution in [0.4, 0.5) is 22.7 Å². The van der Waals surface area contributed by atoms with Gasteiger partial charge in [-0.3, -0.25) is 0 Å². The Hall–Kier alpha value is -8.76. The normalized spacial score (nSPS) is 14.5. The molecule has 77 heavy (non-hydrogen) atoms. The van der Waals surface area contributed by atoms with Crippen LogP contribution in [0.1, 0.15) is 48.6 Å². The number of benzene rings is 10. The Bertz CT molecular complexity index is 4130. The minimum atomic E-state index is -0.599. The van der Waals surface area contributed by atoms with Gasteiger partial charge in [0.25, 0.3) is 0 Å². The van der Waals surface area contributed by atoms with E-state index in [1.165, 1.54) is 33.4 Å². The molecule has 0 spiro atoms. The number of rotatable bonds is 9. The molecule has 374 valence electrons. The number of para-hydroxylation sites is 4. The molecule has 6 heteroatoms. The molecule has 0 saturated heterocycles. The van der Waals surface area contributed by atoms with Crippen molar-refractivity contribution < 1.29 is 25.8 Å². The van der Waals surface area contributed by atoms with Crippen LogP contribution in [-0.2, 0) is 31.9 Å². The van der Waals surface area contributed by atoms with Gasteiger partial charge >= 0.3 is 0 Å². The Labute approximate surface area is 464 Å². The van der Waals surface area contributed by atoms with Crippen molar-refractivity contribution >= 4 is 44.6 Å². The van der Waals surface area contributed by atoms with E-state index < -0.39 is 5.41 Å². The smallest absolute Gasteiger partial charge is 0.135 e. The summed E-state index contributed by atoms with van der Waals surface area (Å²) in [6.07, 6.45) is 1.97. The topological polar surface area (TPSA) is 33.5 Å². The zero-order chi connectivity index (χ0) is 51.0. The number of ether oxygens (including phenoxy) is 1. The number of aromatic nitrogens is 2. The van der Waals surface area contributed by atoms with E-state index in [9.17, 15) is 0 Å². The molecular weight excluding hydrogens is 1120 g/mol. The van der Waals surface area contributed by atoms with Crippen molar-refractivity contribution in [2.45, 2.75) is 31.6 Å². The van der Waals surface area contributed by atoms with Crippen LogP contribution < -0.4 is 14.5 Å². The number of hydrogen-bond acceptors (Lipinski definition) is 4. The summed E-state index contributed by atoms with van der Waals surface area (Å²) in [5.74, 6) is 1.95. The standard InChI is InChI=1S/C71H51N4O.Pt/c1-70(2,3)51-37-40-63-61(43-51)58-29-13-15-33-62(58)71(63,50-25-11-6-12-26-50)52-41-42-72-68(44-52)75-64-34-16-14-30-59(64)60-39-38-55(46-67(60)75)76-54-28-19-27-53(45-54)73-47-74(66-36-18-17-35-65(66)73)69-56(48-21-7-4-8-22-48)31-20-32-57(69)49-23-9-5-10-24-49;/h4-44,47H,1-3H3;/q-3;. The van der Waals surface area contributed by atoms with E-state index in [1.807, 2.05) is 24.4 Å². The van der Waals surface area contributed by atoms with E-state index in [1.54, 1.807) is 0 Å². The zero-order valence-corrected chi connectivity index (χ0v) is 45.0. The van der Waals surface area contributed by atoms with E-state index in [0.29, 0.717) is 11.5 Å². The second-order valence-corrected chi connectivity index (χ2v) is 20.8. The number of nitrogens with zero attached hydrogens (tertiary/aromatic N) is 4. The Kier molecular flexibility index (Phi) is 11.9. The molecule has 0 N–H and O–H groups in total. The second kappa shape index (κ2) is 19.1. The van der Waals surface area contributed by atoms with Crippen LogP contribution in [0, 0.1) is 18.8 Å². The van der Waals surface area contributed by atoms with Gasteiger partial charge in [-0.2, -0.15) is 12.1 Å². The number of hydrogen-bond donors (Lipinski definition) is 0. The predicted octanol–water partition coefficient (Wildman–Crippen LogP) is 18.0. The van der Waals surface area contributed by atoms with Gasteiger partial charge in [0.15, 0.2) is 0 Å². The summed E-state index contributed by atoms with van der Waals surface area (Å²) < 4.78 is 9.06. The first kappa shape index (κ1) is 47.9. The Balaban J connectivity index is 0.00000566. The van der Waals surface area contributed by atoms with Crippen LogP contribution >= 0.6 is 0 Å². The largest absolute Gasteiger partial charge is 0.509 e. The summed E-state index contributed by atoms with van der Waals surface area (Å²) in [7, 11) is 0. The van der Waals surface area contributed by atoms with Gasteiger partial charge in [0, 0.05) is 72.5 Å². The first-order valence-electron chi connectivity index (χ1n) is 26.0. The third kappa shape index (κ3) is 7.91. The van der Waals surface area contributed by atoms with Crippen molar-refractivity contribution in [2.75, 3.05) is 9.80 Å². The third-order valence-corrected chi connectivity index (χ3v) is 15.4. The maximum absolute atomic E-state index is 6.82. The van der Waals surface area contributed by atoms with Crippen LogP contribution in [0.3, 0.4) is 0 Å². The molecule has 1 unspecified atom stereocenters. The molecule has 5 nitrogen and oxygen atoms in total. The fourth-order valence-electron chi connectivity index (χ4n) is 11.9. The molecule has 2 aromatic heterocycles. The first-order chi connectivity index (χ1) is 37.3. The average molecular weight is 1170 g/mol. The molecule has 0 bridgehead atoms. The summed E-state index contributed by atoms with van der Waals surface area (Å²) >= 11 is 0. The molecule has 14 rings (SSSR count). The summed E-state index contributed by atoms with van der Waals surface area (Å²) in [5, 5.41) is 2.17. The summed E-state index contributed by atoms with van der Waals surface area (Å²) in [5.41, 5.74) is 18.7. The number of fused-ring (bicyclic) bond motifs is 7. The summed E-state index contributed by atoms with van der Waals surface area (Å²) in [6, 6.07) is 94.1. The van der Waals surface area contributed by atoms with Crippen LogP contribution in [0.25, 0.3) is 61.0 Å². The zero-order valence-electron chi connectivity index (χ0n) is 42.8. The van der Waals surface area contributed by atoms with Crippen LogP contribution in [0.2, 0.25) is 0 Å². The van der Waals surface area contributed by atoms with Crippen molar-refractivity contribution in [1.29, 1.82) is 0 Å². The maximum atomic E-state index is 6.82. The monoisotopic (exact) mass is 1170 g/mol. The van der Waals surface area contributed by atoms with Gasteiger partial charge in [-0.15, -0.1) is 48.1 Å².